The van der Waals surface area contributed by atoms with Crippen molar-refractivity contribution in [2.45, 2.75) is 37.4 Å². The molecular formula is C23H31N3O3S. The summed E-state index contributed by atoms with van der Waals surface area (Å²) >= 11 is 1.62. The van der Waals surface area contributed by atoms with Crippen LogP contribution >= 0.6 is 11.8 Å². The van der Waals surface area contributed by atoms with Crippen molar-refractivity contribution >= 4 is 17.7 Å². The zero-order chi connectivity index (χ0) is 21.2. The molecule has 1 aliphatic rings. The predicted molar refractivity (Wildman–Crippen MR) is 120 cm³/mol. The minimum atomic E-state index is -0.0974. The molecule has 7 heteroatoms. The van der Waals surface area contributed by atoms with E-state index in [1.165, 1.54) is 0 Å². The van der Waals surface area contributed by atoms with Gasteiger partial charge in [-0.2, -0.15) is 0 Å². The third-order valence-corrected chi connectivity index (χ3v) is 5.98. The summed E-state index contributed by atoms with van der Waals surface area (Å²) in [6.45, 7) is 5.74. The van der Waals surface area contributed by atoms with Crippen LogP contribution in [0.3, 0.4) is 0 Å². The van der Waals surface area contributed by atoms with Gasteiger partial charge in [0.05, 0.1) is 5.03 Å². The van der Waals surface area contributed by atoms with Crippen LogP contribution in [-0.2, 0) is 11.3 Å². The van der Waals surface area contributed by atoms with Crippen LogP contribution in [0.5, 0.6) is 5.75 Å². The Balaban J connectivity index is 1.45. The fourth-order valence-corrected chi connectivity index (χ4v) is 4.06. The van der Waals surface area contributed by atoms with E-state index in [0.29, 0.717) is 24.8 Å². The van der Waals surface area contributed by atoms with Crippen molar-refractivity contribution in [3.8, 4) is 5.75 Å². The van der Waals surface area contributed by atoms with Crippen LogP contribution in [-0.4, -0.2) is 61.0 Å². The molecule has 1 saturated heterocycles. The molecule has 0 spiro atoms. The van der Waals surface area contributed by atoms with Crippen LogP contribution in [0.1, 0.15) is 35.7 Å². The first-order valence-electron chi connectivity index (χ1n) is 10.5. The monoisotopic (exact) mass is 429 g/mol. The van der Waals surface area contributed by atoms with Gasteiger partial charge in [-0.05, 0) is 55.5 Å². The lowest BCUT2D eigenvalue weighted by Gasteiger charge is -2.31. The highest BCUT2D eigenvalue weighted by Crippen LogP contribution is 2.17. The van der Waals surface area contributed by atoms with Gasteiger partial charge in [-0.25, -0.2) is 4.98 Å². The minimum absolute atomic E-state index is 0.0974. The predicted octanol–water partition coefficient (Wildman–Crippen LogP) is 3.61. The van der Waals surface area contributed by atoms with E-state index in [9.17, 15) is 4.79 Å². The maximum atomic E-state index is 12.5. The number of nitrogens with one attached hydrogen (secondary N) is 1. The third kappa shape index (κ3) is 7.00. The fourth-order valence-electron chi connectivity index (χ4n) is 3.42. The molecule has 1 N–H and O–H groups in total. The van der Waals surface area contributed by atoms with E-state index in [1.807, 2.05) is 30.3 Å². The van der Waals surface area contributed by atoms with Gasteiger partial charge in [0.15, 0.2) is 0 Å². The molecule has 162 valence electrons. The summed E-state index contributed by atoms with van der Waals surface area (Å²) in [6.07, 6.45) is 3.85. The van der Waals surface area contributed by atoms with Gasteiger partial charge in [-0.15, -0.1) is 11.8 Å². The Morgan fingerprint density at radius 3 is 2.93 bits per heavy atom. The number of pyridine rings is 1. The quantitative estimate of drug-likeness (QED) is 0.582. The first-order chi connectivity index (χ1) is 14.7. The molecule has 0 radical (unpaired) electrons. The Morgan fingerprint density at radius 1 is 1.30 bits per heavy atom. The number of rotatable bonds is 10. The van der Waals surface area contributed by atoms with Crippen molar-refractivity contribution < 1.29 is 14.3 Å². The average Bonchev–Trinajstić information content (AvgIpc) is 2.79. The molecule has 1 fully saturated rings. The molecule has 0 aliphatic carbocycles. The van der Waals surface area contributed by atoms with Gasteiger partial charge in [0.25, 0.3) is 5.91 Å². The highest BCUT2D eigenvalue weighted by atomic mass is 32.2. The van der Waals surface area contributed by atoms with Crippen LogP contribution in [0, 0.1) is 0 Å². The summed E-state index contributed by atoms with van der Waals surface area (Å²) in [4.78, 5) is 19.1. The average molecular weight is 430 g/mol. The normalized spacial score (nSPS) is 14.6. The van der Waals surface area contributed by atoms with Crippen molar-refractivity contribution in [1.82, 2.24) is 15.2 Å². The van der Waals surface area contributed by atoms with Gasteiger partial charge in [0, 0.05) is 44.1 Å². The van der Waals surface area contributed by atoms with Gasteiger partial charge < -0.3 is 14.8 Å². The molecule has 0 bridgehead atoms. The molecule has 0 atom stereocenters. The molecule has 0 unspecified atom stereocenters. The Bertz CT molecular complexity index is 812. The maximum absolute atomic E-state index is 12.5. The molecule has 1 amide bonds. The molecule has 30 heavy (non-hydrogen) atoms. The lowest BCUT2D eigenvalue weighted by Crippen LogP contribution is -2.38. The van der Waals surface area contributed by atoms with E-state index in [0.717, 1.165) is 54.7 Å². The Kier molecular flexibility index (Phi) is 8.99. The van der Waals surface area contributed by atoms with Gasteiger partial charge in [-0.1, -0.05) is 19.1 Å². The van der Waals surface area contributed by atoms with E-state index in [-0.39, 0.29) is 5.91 Å². The second-order valence-corrected chi connectivity index (χ2v) is 8.60. The van der Waals surface area contributed by atoms with Crippen molar-refractivity contribution in [1.29, 1.82) is 0 Å². The van der Waals surface area contributed by atoms with Gasteiger partial charge in [0.1, 0.15) is 12.4 Å². The second-order valence-electron chi connectivity index (χ2n) is 7.32. The van der Waals surface area contributed by atoms with Crippen LogP contribution < -0.4 is 10.1 Å². The van der Waals surface area contributed by atoms with Crippen molar-refractivity contribution in [3.63, 3.8) is 0 Å². The van der Waals surface area contributed by atoms with E-state index in [1.54, 1.807) is 24.0 Å². The van der Waals surface area contributed by atoms with E-state index >= 15 is 0 Å². The molecular weight excluding hydrogens is 398 g/mol. The number of aromatic nitrogens is 1. The smallest absolute Gasteiger partial charge is 0.251 e. The molecule has 1 aromatic carbocycles. The first-order valence-corrected chi connectivity index (χ1v) is 11.5. The van der Waals surface area contributed by atoms with Gasteiger partial charge in [-0.3, -0.25) is 9.69 Å². The SMILES string of the molecule is CCSc1cc(C(=O)NCc2cccc(OCCN(C)C3CCOCC3)c2)ccn1. The molecule has 6 nitrogen and oxygen atoms in total. The number of carbonyl (C=O) groups is 1. The largest absolute Gasteiger partial charge is 0.492 e. The summed E-state index contributed by atoms with van der Waals surface area (Å²) < 4.78 is 11.4. The number of carbonyl (C=O) groups excluding carboxylic acids is 1. The number of ether oxygens (including phenoxy) is 2. The summed E-state index contributed by atoms with van der Waals surface area (Å²) in [5.74, 6) is 1.66. The molecule has 2 aromatic rings. The number of hydrogen-bond donors (Lipinski definition) is 1. The lowest BCUT2D eigenvalue weighted by molar-refractivity contribution is 0.0392. The van der Waals surface area contributed by atoms with Crippen molar-refractivity contribution in [2.75, 3.05) is 39.2 Å². The molecule has 1 aromatic heterocycles. The van der Waals surface area contributed by atoms with Crippen LogP contribution in [0.4, 0.5) is 0 Å². The lowest BCUT2D eigenvalue weighted by atomic mass is 10.1. The number of thioether (sulfide) groups is 1. The number of amides is 1. The Labute approximate surface area is 183 Å². The van der Waals surface area contributed by atoms with E-state index < -0.39 is 0 Å². The number of benzene rings is 1. The molecule has 0 saturated carbocycles. The van der Waals surface area contributed by atoms with Gasteiger partial charge in [0.2, 0.25) is 0 Å². The Hall–Kier alpha value is -2.09. The maximum Gasteiger partial charge on any atom is 0.251 e. The topological polar surface area (TPSA) is 63.7 Å². The van der Waals surface area contributed by atoms with Crippen molar-refractivity contribution in [3.05, 3.63) is 53.7 Å². The first kappa shape index (κ1) is 22.6. The highest BCUT2D eigenvalue weighted by molar-refractivity contribution is 7.99. The summed E-state index contributed by atoms with van der Waals surface area (Å²) in [7, 11) is 2.15. The van der Waals surface area contributed by atoms with E-state index in [4.69, 9.17) is 9.47 Å². The molecule has 1 aliphatic heterocycles. The summed E-state index contributed by atoms with van der Waals surface area (Å²) in [5.41, 5.74) is 1.64. The van der Waals surface area contributed by atoms with E-state index in [2.05, 4.69) is 29.2 Å². The standard InChI is InChI=1S/C23H31N3O3S/c1-3-30-22-16-19(7-10-24-22)23(27)25-17-18-5-4-6-21(15-18)29-14-11-26(2)20-8-12-28-13-9-20/h4-7,10,15-16,20H,3,8-9,11-14,17H2,1-2H3,(H,25,27). The zero-order valence-corrected chi connectivity index (χ0v) is 18.6. The van der Waals surface area contributed by atoms with Gasteiger partial charge >= 0.3 is 0 Å². The number of nitrogens with zero attached hydrogens (tertiary/aromatic N) is 2. The zero-order valence-electron chi connectivity index (χ0n) is 17.8. The minimum Gasteiger partial charge on any atom is -0.492 e. The summed E-state index contributed by atoms with van der Waals surface area (Å²) in [6, 6.07) is 12.0. The molecule has 3 rings (SSSR count). The van der Waals surface area contributed by atoms with Crippen molar-refractivity contribution in [2.24, 2.45) is 0 Å². The van der Waals surface area contributed by atoms with Crippen LogP contribution in [0.25, 0.3) is 0 Å². The fraction of sp³-hybridized carbons (Fsp3) is 0.478. The highest BCUT2D eigenvalue weighted by Gasteiger charge is 2.18. The van der Waals surface area contributed by atoms with Crippen LogP contribution in [0.15, 0.2) is 47.6 Å². The molecule has 2 heterocycles. The summed E-state index contributed by atoms with van der Waals surface area (Å²) in [5, 5.41) is 3.84. The number of hydrogen-bond acceptors (Lipinski definition) is 6. The number of likely N-dealkylation sites (N-methyl/N-ethyl adjacent to an activating group) is 1. The second kappa shape index (κ2) is 11.9. The van der Waals surface area contributed by atoms with Crippen LogP contribution in [0.2, 0.25) is 0 Å². The Morgan fingerprint density at radius 2 is 2.13 bits per heavy atom. The third-order valence-electron chi connectivity index (χ3n) is 5.17.